The molecule has 0 radical (unpaired) electrons. The number of aliphatic hydroxyl groups is 8. The van der Waals surface area contributed by atoms with E-state index in [0.29, 0.717) is 0 Å². The second-order valence-electron chi connectivity index (χ2n) is 14.7. The molecule has 0 aromatic heterocycles. The number of nitrogens with zero attached hydrogens (tertiary/aromatic N) is 2. The van der Waals surface area contributed by atoms with Crippen molar-refractivity contribution >= 4 is 35.4 Å². The molecule has 22 heteroatoms. The number of nitrogens with one attached hydrogen (secondary N) is 4. The van der Waals surface area contributed by atoms with E-state index < -0.39 is 146 Å². The van der Waals surface area contributed by atoms with Gasteiger partial charge in [0.1, 0.15) is 54.3 Å². The average Bonchev–Trinajstić information content (AvgIpc) is 3.68. The maximum Gasteiger partial charge on any atom is 0.278 e. The fourth-order valence-electron chi connectivity index (χ4n) is 6.97. The number of phenolic OH excluding ortho intramolecular Hbond substituents is 1. The molecule has 22 nitrogen and oxygen atoms in total. The van der Waals surface area contributed by atoms with E-state index in [1.54, 1.807) is 0 Å². The van der Waals surface area contributed by atoms with Gasteiger partial charge in [0.15, 0.2) is 12.3 Å². The summed E-state index contributed by atoms with van der Waals surface area (Å²) in [5.74, 6) is -7.92. The smallest absolute Gasteiger partial charge is 0.278 e. The van der Waals surface area contributed by atoms with Crippen molar-refractivity contribution < 1.29 is 80.5 Å². The predicted octanol–water partition coefficient (Wildman–Crippen LogP) is -8.02. The fraction of sp³-hybridized carbons (Fsp3) is 0.647. The third-order valence-corrected chi connectivity index (χ3v) is 10.3. The Hall–Kier alpha value is -4.52. The van der Waals surface area contributed by atoms with Gasteiger partial charge in [0, 0.05) is 31.8 Å². The van der Waals surface area contributed by atoms with Crippen LogP contribution in [0.3, 0.4) is 0 Å². The number of amides is 6. The lowest BCUT2D eigenvalue weighted by atomic mass is 9.96. The quantitative estimate of drug-likeness (QED) is 0.132. The van der Waals surface area contributed by atoms with Crippen LogP contribution < -0.4 is 27.0 Å². The molecule has 16 N–H and O–H groups in total. The van der Waals surface area contributed by atoms with Crippen LogP contribution in [0.4, 0.5) is 0 Å². The van der Waals surface area contributed by atoms with Crippen molar-refractivity contribution in [2.45, 2.75) is 119 Å². The molecule has 0 spiro atoms. The lowest BCUT2D eigenvalue weighted by Crippen LogP contribution is -2.71. The van der Waals surface area contributed by atoms with Crippen LogP contribution in [0.5, 0.6) is 5.75 Å². The van der Waals surface area contributed by atoms with Crippen molar-refractivity contribution in [1.29, 1.82) is 0 Å². The molecule has 3 heterocycles. The first-order valence-corrected chi connectivity index (χ1v) is 18.0. The van der Waals surface area contributed by atoms with Gasteiger partial charge in [0.25, 0.3) is 5.91 Å². The zero-order chi connectivity index (χ0) is 41.9. The van der Waals surface area contributed by atoms with Crippen LogP contribution in [0.15, 0.2) is 24.3 Å². The first-order valence-electron chi connectivity index (χ1n) is 18.0. The molecule has 3 unspecified atom stereocenters. The maximum absolute atomic E-state index is 14.0. The molecule has 6 amide bonds. The molecular formula is C34H52N7O15+. The Kier molecular flexibility index (Phi) is 14.3. The van der Waals surface area contributed by atoms with Gasteiger partial charge in [0.05, 0.1) is 24.4 Å². The van der Waals surface area contributed by atoms with Gasteiger partial charge in [-0.2, -0.15) is 0 Å². The molecular weight excluding hydrogens is 746 g/mol. The largest absolute Gasteiger partial charge is 0.508 e. The van der Waals surface area contributed by atoms with Crippen molar-refractivity contribution in [2.75, 3.05) is 13.1 Å². The first-order chi connectivity index (χ1) is 26.1. The predicted molar refractivity (Wildman–Crippen MR) is 186 cm³/mol. The number of hydrogen-bond donors (Lipinski definition) is 14. The van der Waals surface area contributed by atoms with Crippen LogP contribution in [-0.2, 0) is 28.8 Å². The highest BCUT2D eigenvalue weighted by Gasteiger charge is 2.50. The summed E-state index contributed by atoms with van der Waals surface area (Å²) in [4.78, 5) is 84.0. The van der Waals surface area contributed by atoms with Gasteiger partial charge in [-0.1, -0.05) is 19.1 Å². The van der Waals surface area contributed by atoms with Crippen LogP contribution in [0.2, 0.25) is 0 Å². The number of aromatic hydroxyl groups is 1. The average molecular weight is 799 g/mol. The molecule has 0 saturated carbocycles. The summed E-state index contributed by atoms with van der Waals surface area (Å²) in [6.45, 7) is 2.91. The van der Waals surface area contributed by atoms with Gasteiger partial charge in [-0.3, -0.25) is 28.8 Å². The molecule has 3 saturated heterocycles. The minimum atomic E-state index is -2.23. The minimum Gasteiger partial charge on any atom is -0.508 e. The number of quaternary nitrogens is 1. The lowest BCUT2D eigenvalue weighted by Gasteiger charge is -2.34. The minimum absolute atomic E-state index is 0.0450. The third kappa shape index (κ3) is 9.70. The molecule has 4 rings (SSSR count). The highest BCUT2D eigenvalue weighted by molar-refractivity contribution is 5.97. The number of phenols is 1. The first kappa shape index (κ1) is 44.2. The van der Waals surface area contributed by atoms with E-state index in [1.165, 1.54) is 19.1 Å². The second kappa shape index (κ2) is 18.2. The lowest BCUT2D eigenvalue weighted by molar-refractivity contribution is -0.408. The molecule has 1 aromatic carbocycles. The Morgan fingerprint density at radius 2 is 1.23 bits per heavy atom. The topological polar surface area (TPSA) is 367 Å². The molecule has 0 bridgehead atoms. The molecule has 15 atom stereocenters. The highest BCUT2D eigenvalue weighted by Crippen LogP contribution is 2.27. The second-order valence-corrected chi connectivity index (χ2v) is 14.7. The normalized spacial score (nSPS) is 35.2. The Labute approximate surface area is 320 Å². The Balaban J connectivity index is 1.80. The number of hydrogen-bond acceptors (Lipinski definition) is 15. The van der Waals surface area contributed by atoms with Crippen molar-refractivity contribution in [3.8, 4) is 5.75 Å². The van der Waals surface area contributed by atoms with Crippen LogP contribution in [0, 0.1) is 5.92 Å². The molecule has 3 fully saturated rings. The van der Waals surface area contributed by atoms with E-state index in [2.05, 4.69) is 27.0 Å². The van der Waals surface area contributed by atoms with E-state index in [0.717, 1.165) is 35.8 Å². The van der Waals surface area contributed by atoms with Crippen molar-refractivity contribution in [3.63, 3.8) is 0 Å². The standard InChI is InChI=1S/C34H51N7O15/c1-12-10-41-24(25(12)47)32(54)39-30(52)20(46)9-18(35)28(50)36-21(13(2)42)33(55)40-11-17(45)8-19(40)29(51)38-23(31(53)37-22(14(3)43)34(41)56)27(49)26(48)15-4-6-16(44)7-5-15/h4-7,12-14,17-27,30,42-49,52H,8-11,35H2,1-3H3,(H,36,50)(H,37,53)(H,38,51)(H,39,54)/p+1/t12-,13?,14?,17+,18?,19-,20+,21-,22-,23-,24-,25-,26-,27-,30+/m0/s1. The maximum atomic E-state index is 14.0. The van der Waals surface area contributed by atoms with Crippen LogP contribution in [0.1, 0.15) is 45.3 Å². The van der Waals surface area contributed by atoms with E-state index in [4.69, 9.17) is 0 Å². The summed E-state index contributed by atoms with van der Waals surface area (Å²) in [5.41, 5.74) is 3.57. The summed E-state index contributed by atoms with van der Waals surface area (Å²) in [6, 6.07) is -5.92. The fourth-order valence-corrected chi connectivity index (χ4v) is 6.97. The molecule has 312 valence electrons. The van der Waals surface area contributed by atoms with Gasteiger partial charge < -0.3 is 82.8 Å². The molecule has 3 aliphatic heterocycles. The SMILES string of the molecule is CC(O)[C@@H]1NC(=O)[C@H]([C@H](O)[C@@H](O)c2ccc(O)cc2)NC(=O)[C@@H]2C[C@@H](O)CN2C(=O)[C@H](C(C)O)NC(=O)C([NH3+])C[C@@H](O)[C@@H](O)NC(=O)[C@@H]2[C@@H](O)[C@@H](C)CN2C1=O. The van der Waals surface area contributed by atoms with Crippen molar-refractivity contribution in [1.82, 2.24) is 31.1 Å². The zero-order valence-corrected chi connectivity index (χ0v) is 30.9. The van der Waals surface area contributed by atoms with E-state index in [9.17, 15) is 74.7 Å². The number of carbonyl (C=O) groups is 6. The van der Waals surface area contributed by atoms with Gasteiger partial charge in [0.2, 0.25) is 29.5 Å². The monoisotopic (exact) mass is 798 g/mol. The Bertz CT molecular complexity index is 1620. The molecule has 3 aliphatic rings. The van der Waals surface area contributed by atoms with Gasteiger partial charge >= 0.3 is 0 Å². The number of rotatable bonds is 5. The molecule has 0 aliphatic carbocycles. The molecule has 1 aromatic rings. The number of carbonyl (C=O) groups excluding carboxylic acids is 6. The highest BCUT2D eigenvalue weighted by atomic mass is 16.3. The van der Waals surface area contributed by atoms with E-state index in [-0.39, 0.29) is 17.9 Å². The van der Waals surface area contributed by atoms with E-state index in [1.807, 2.05) is 0 Å². The summed E-state index contributed by atoms with van der Waals surface area (Å²) in [6.07, 6.45) is -15.5. The van der Waals surface area contributed by atoms with Crippen LogP contribution >= 0.6 is 0 Å². The van der Waals surface area contributed by atoms with Crippen LogP contribution in [0.25, 0.3) is 0 Å². The molecule has 56 heavy (non-hydrogen) atoms. The summed E-state index contributed by atoms with van der Waals surface area (Å²) in [7, 11) is 0. The Morgan fingerprint density at radius 1 is 0.696 bits per heavy atom. The zero-order valence-electron chi connectivity index (χ0n) is 30.9. The van der Waals surface area contributed by atoms with Gasteiger partial charge in [-0.05, 0) is 31.5 Å². The third-order valence-electron chi connectivity index (χ3n) is 10.3. The number of benzene rings is 1. The van der Waals surface area contributed by atoms with E-state index >= 15 is 0 Å². The van der Waals surface area contributed by atoms with Crippen LogP contribution in [-0.4, -0.2) is 183 Å². The number of aliphatic hydroxyl groups excluding tert-OH is 8. The van der Waals surface area contributed by atoms with Gasteiger partial charge in [-0.15, -0.1) is 0 Å². The van der Waals surface area contributed by atoms with Gasteiger partial charge in [-0.25, -0.2) is 0 Å². The number of fused-ring (bicyclic) bond motifs is 2. The van der Waals surface area contributed by atoms with Crippen molar-refractivity contribution in [3.05, 3.63) is 29.8 Å². The van der Waals surface area contributed by atoms with Crippen molar-refractivity contribution in [2.24, 2.45) is 5.92 Å². The summed E-state index contributed by atoms with van der Waals surface area (Å²) >= 11 is 0. The Morgan fingerprint density at radius 3 is 1.80 bits per heavy atom. The summed E-state index contributed by atoms with van der Waals surface area (Å²) in [5, 5.41) is 105. The summed E-state index contributed by atoms with van der Waals surface area (Å²) < 4.78 is 0.